The number of nitrogens with zero attached hydrogens (tertiary/aromatic N) is 2. The van der Waals surface area contributed by atoms with Crippen LogP contribution in [0.15, 0.2) is 36.4 Å². The van der Waals surface area contributed by atoms with E-state index in [9.17, 15) is 10.1 Å². The predicted octanol–water partition coefficient (Wildman–Crippen LogP) is 2.30. The number of ether oxygens (including phenoxy) is 4. The third-order valence-corrected chi connectivity index (χ3v) is 4.34. The Hall–Kier alpha value is -3.24. The van der Waals surface area contributed by atoms with Gasteiger partial charge in [0.15, 0.2) is 0 Å². The number of nitro benzene ring substituents is 1. The van der Waals surface area contributed by atoms with Crippen LogP contribution in [-0.2, 0) is 4.74 Å². The molecule has 3 N–H and O–H groups in total. The van der Waals surface area contributed by atoms with Crippen molar-refractivity contribution >= 4 is 11.4 Å². The Morgan fingerprint density at radius 1 is 1.13 bits per heavy atom. The van der Waals surface area contributed by atoms with Crippen LogP contribution in [0, 0.1) is 10.1 Å². The van der Waals surface area contributed by atoms with Crippen molar-refractivity contribution in [3.63, 3.8) is 0 Å². The highest BCUT2D eigenvalue weighted by atomic mass is 16.6. The number of rotatable bonds is 7. The second kappa shape index (κ2) is 11.7. The molecule has 10 nitrogen and oxygen atoms in total. The molecule has 10 heteroatoms. The molecule has 2 aromatic carbocycles. The van der Waals surface area contributed by atoms with Gasteiger partial charge in [0.2, 0.25) is 5.75 Å². The number of phenols is 1. The highest BCUT2D eigenvalue weighted by molar-refractivity contribution is 5.55. The zero-order valence-electron chi connectivity index (χ0n) is 17.1. The fourth-order valence-electron chi connectivity index (χ4n) is 2.72. The molecule has 3 rings (SSSR count). The summed E-state index contributed by atoms with van der Waals surface area (Å²) in [5, 5.41) is 19.3. The zero-order valence-corrected chi connectivity index (χ0v) is 17.1. The molecule has 2 aromatic rings. The molecule has 1 fully saturated rings. The Morgan fingerprint density at radius 2 is 1.83 bits per heavy atom. The van der Waals surface area contributed by atoms with E-state index in [1.807, 2.05) is 12.1 Å². The molecule has 0 amide bonds. The fourth-order valence-corrected chi connectivity index (χ4v) is 2.72. The van der Waals surface area contributed by atoms with Crippen LogP contribution in [0.4, 0.5) is 11.4 Å². The molecule has 0 radical (unpaired) electrons. The first-order valence-corrected chi connectivity index (χ1v) is 9.32. The van der Waals surface area contributed by atoms with Crippen molar-refractivity contribution in [1.82, 2.24) is 4.90 Å². The number of hydrogen-bond donors (Lipinski definition) is 2. The Morgan fingerprint density at radius 3 is 2.47 bits per heavy atom. The van der Waals surface area contributed by atoms with Gasteiger partial charge in [0.25, 0.3) is 0 Å². The normalized spacial score (nSPS) is 13.7. The van der Waals surface area contributed by atoms with Gasteiger partial charge in [0, 0.05) is 37.8 Å². The van der Waals surface area contributed by atoms with E-state index in [0.29, 0.717) is 18.0 Å². The first-order chi connectivity index (χ1) is 14.4. The molecule has 1 heterocycles. The minimum Gasteiger partial charge on any atom is -0.508 e. The molecule has 1 aliphatic rings. The lowest BCUT2D eigenvalue weighted by Crippen LogP contribution is -2.38. The third-order valence-electron chi connectivity index (χ3n) is 4.34. The maximum atomic E-state index is 10.3. The molecule has 0 saturated carbocycles. The minimum atomic E-state index is -0.571. The molecule has 0 bridgehead atoms. The van der Waals surface area contributed by atoms with Gasteiger partial charge in [0.1, 0.15) is 23.9 Å². The molecule has 0 spiro atoms. The van der Waals surface area contributed by atoms with Gasteiger partial charge in [-0.05, 0) is 18.2 Å². The van der Waals surface area contributed by atoms with Crippen LogP contribution in [0.3, 0.4) is 0 Å². The van der Waals surface area contributed by atoms with E-state index < -0.39 is 4.92 Å². The van der Waals surface area contributed by atoms with E-state index in [-0.39, 0.29) is 17.2 Å². The van der Waals surface area contributed by atoms with Crippen LogP contribution >= 0.6 is 0 Å². The molecule has 0 atom stereocenters. The van der Waals surface area contributed by atoms with Crippen LogP contribution in [0.1, 0.15) is 0 Å². The number of nitro groups is 1. The fraction of sp³-hybridized carbons (Fsp3) is 0.400. The van der Waals surface area contributed by atoms with E-state index >= 15 is 0 Å². The summed E-state index contributed by atoms with van der Waals surface area (Å²) in [6.45, 7) is 5.16. The molecule has 30 heavy (non-hydrogen) atoms. The van der Waals surface area contributed by atoms with E-state index in [1.165, 1.54) is 25.3 Å². The molecular formula is C20H27N3O7. The number of hydrogen-bond acceptors (Lipinski definition) is 9. The molecule has 1 saturated heterocycles. The maximum Gasteiger partial charge on any atom is 0.311 e. The highest BCUT2D eigenvalue weighted by Gasteiger charge is 2.14. The quantitative estimate of drug-likeness (QED) is 0.393. The number of phenolic OH excluding ortho intramolecular Hbond substituents is 1. The van der Waals surface area contributed by atoms with Crippen molar-refractivity contribution < 1.29 is 29.0 Å². The predicted molar refractivity (Wildman–Crippen MR) is 111 cm³/mol. The number of nitrogen functional groups attached to an aromatic ring is 1. The summed E-state index contributed by atoms with van der Waals surface area (Å²) < 4.78 is 20.8. The van der Waals surface area contributed by atoms with E-state index in [0.717, 1.165) is 38.6 Å². The van der Waals surface area contributed by atoms with Crippen LogP contribution < -0.4 is 19.9 Å². The van der Waals surface area contributed by atoms with Crippen LogP contribution in [0.2, 0.25) is 0 Å². The van der Waals surface area contributed by atoms with Crippen molar-refractivity contribution in [2.24, 2.45) is 0 Å². The van der Waals surface area contributed by atoms with Crippen LogP contribution in [-0.4, -0.2) is 68.6 Å². The summed E-state index contributed by atoms with van der Waals surface area (Å²) in [6.07, 6.45) is 0. The number of anilines is 1. The first-order valence-electron chi connectivity index (χ1n) is 9.32. The monoisotopic (exact) mass is 421 g/mol. The van der Waals surface area contributed by atoms with Crippen molar-refractivity contribution in [2.75, 3.05) is 59.4 Å². The summed E-state index contributed by atoms with van der Waals surface area (Å²) in [5.74, 6) is 1.44. The summed E-state index contributed by atoms with van der Waals surface area (Å²) in [7, 11) is 2.91. The number of benzene rings is 2. The van der Waals surface area contributed by atoms with Crippen molar-refractivity contribution in [2.45, 2.75) is 0 Å². The summed E-state index contributed by atoms with van der Waals surface area (Å²) in [4.78, 5) is 12.1. The molecule has 0 aliphatic carbocycles. The average Bonchev–Trinajstić information content (AvgIpc) is 2.75. The minimum absolute atomic E-state index is 0.0556. The lowest BCUT2D eigenvalue weighted by atomic mass is 10.3. The van der Waals surface area contributed by atoms with Gasteiger partial charge in [-0.2, -0.15) is 0 Å². The molecular weight excluding hydrogens is 394 g/mol. The molecule has 1 aliphatic heterocycles. The van der Waals surface area contributed by atoms with Gasteiger partial charge in [-0.3, -0.25) is 15.0 Å². The average molecular weight is 421 g/mol. The lowest BCUT2D eigenvalue weighted by molar-refractivity contribution is -0.385. The van der Waals surface area contributed by atoms with E-state index in [1.54, 1.807) is 13.2 Å². The standard InChI is InChI=1S/C13H20N2O3.C7H7NO4/c1-16-13-10-11(2-3-12(13)14)18-9-6-15-4-7-17-8-5-15;1-12-7-4-5(9)2-3-6(7)8(10)11/h2-3,10H,4-9,14H2,1H3;2-4,9H,1H3. The Balaban J connectivity index is 0.000000232. The first kappa shape index (κ1) is 23.0. The van der Waals surface area contributed by atoms with Gasteiger partial charge in [-0.25, -0.2) is 0 Å². The van der Waals surface area contributed by atoms with Crippen LogP contribution in [0.5, 0.6) is 23.0 Å². The molecule has 0 aromatic heterocycles. The largest absolute Gasteiger partial charge is 0.508 e. The van der Waals surface area contributed by atoms with Gasteiger partial charge in [0.05, 0.1) is 38.0 Å². The van der Waals surface area contributed by atoms with Crippen LogP contribution in [0.25, 0.3) is 0 Å². The number of methoxy groups -OCH3 is 2. The summed E-state index contributed by atoms with van der Waals surface area (Å²) >= 11 is 0. The number of morpholine rings is 1. The van der Waals surface area contributed by atoms with Gasteiger partial charge in [-0.15, -0.1) is 0 Å². The van der Waals surface area contributed by atoms with Crippen molar-refractivity contribution in [1.29, 1.82) is 0 Å². The SMILES string of the molecule is COc1cc(O)ccc1[N+](=O)[O-].COc1cc(OCCN2CCOCC2)ccc1N. The molecule has 0 unspecified atom stereocenters. The maximum absolute atomic E-state index is 10.3. The van der Waals surface area contributed by atoms with Gasteiger partial charge < -0.3 is 29.8 Å². The summed E-state index contributed by atoms with van der Waals surface area (Å²) in [5.41, 5.74) is 6.21. The zero-order chi connectivity index (χ0) is 21.9. The Labute approximate surface area is 174 Å². The lowest BCUT2D eigenvalue weighted by Gasteiger charge is -2.26. The van der Waals surface area contributed by atoms with Gasteiger partial charge in [-0.1, -0.05) is 0 Å². The summed E-state index contributed by atoms with van der Waals surface area (Å²) in [6, 6.07) is 9.08. The molecule has 164 valence electrons. The van der Waals surface area contributed by atoms with Gasteiger partial charge >= 0.3 is 5.69 Å². The van der Waals surface area contributed by atoms with Crippen molar-refractivity contribution in [3.8, 4) is 23.0 Å². The number of nitrogens with two attached hydrogens (primary N) is 1. The second-order valence-corrected chi connectivity index (χ2v) is 6.32. The third kappa shape index (κ3) is 6.98. The smallest absolute Gasteiger partial charge is 0.311 e. The highest BCUT2D eigenvalue weighted by Crippen LogP contribution is 2.29. The van der Waals surface area contributed by atoms with E-state index in [4.69, 9.17) is 25.1 Å². The Kier molecular flexibility index (Phi) is 8.98. The number of aromatic hydroxyl groups is 1. The Bertz CT molecular complexity index is 826. The van der Waals surface area contributed by atoms with Crippen molar-refractivity contribution in [3.05, 3.63) is 46.5 Å². The second-order valence-electron chi connectivity index (χ2n) is 6.32. The van der Waals surface area contributed by atoms with E-state index in [2.05, 4.69) is 9.64 Å². The topological polar surface area (TPSA) is 130 Å².